The lowest BCUT2D eigenvalue weighted by Crippen LogP contribution is -1.99. The minimum Gasteiger partial charge on any atom is -0.507 e. The maximum atomic E-state index is 12.4. The monoisotopic (exact) mass is 324 g/mol. The van der Waals surface area contributed by atoms with Crippen LogP contribution in [0.15, 0.2) is 54.1 Å². The van der Waals surface area contributed by atoms with Crippen LogP contribution in [-0.4, -0.2) is 21.1 Å². The molecule has 0 saturated carbocycles. The van der Waals surface area contributed by atoms with E-state index in [9.17, 15) is 20.1 Å². The zero-order valence-corrected chi connectivity index (χ0v) is 13.7. The highest BCUT2D eigenvalue weighted by molar-refractivity contribution is 6.10. The zero-order chi connectivity index (χ0) is 17.7. The zero-order valence-electron chi connectivity index (χ0n) is 13.7. The fraction of sp³-hybridized carbons (Fsp3) is 0.150. The van der Waals surface area contributed by atoms with E-state index >= 15 is 0 Å². The summed E-state index contributed by atoms with van der Waals surface area (Å²) in [4.78, 5) is 12.4. The second-order valence-corrected chi connectivity index (χ2v) is 5.71. The predicted molar refractivity (Wildman–Crippen MR) is 94.4 cm³/mol. The third-order valence-corrected chi connectivity index (χ3v) is 3.55. The Balaban J connectivity index is 2.38. The predicted octanol–water partition coefficient (Wildman–Crippen LogP) is 4.21. The lowest BCUT2D eigenvalue weighted by molar-refractivity contribution is 0.104. The summed E-state index contributed by atoms with van der Waals surface area (Å²) in [7, 11) is 0. The first-order valence-corrected chi connectivity index (χ1v) is 7.57. The molecule has 0 fully saturated rings. The molecule has 0 heterocycles. The number of hydrogen-bond acceptors (Lipinski definition) is 4. The minimum absolute atomic E-state index is 0.211. The molecule has 0 aliphatic heterocycles. The van der Waals surface area contributed by atoms with Gasteiger partial charge in [0.25, 0.3) is 0 Å². The number of allylic oxidation sites excluding steroid dienone is 3. The van der Waals surface area contributed by atoms with Crippen LogP contribution in [0.25, 0.3) is 6.08 Å². The van der Waals surface area contributed by atoms with Crippen molar-refractivity contribution in [3.8, 4) is 17.2 Å². The Morgan fingerprint density at radius 1 is 1.04 bits per heavy atom. The molecule has 0 aromatic heterocycles. The van der Waals surface area contributed by atoms with Crippen molar-refractivity contribution in [3.05, 3.63) is 70.8 Å². The van der Waals surface area contributed by atoms with Gasteiger partial charge in [-0.05, 0) is 31.9 Å². The molecule has 0 aliphatic rings. The highest BCUT2D eigenvalue weighted by Gasteiger charge is 2.20. The molecule has 4 heteroatoms. The lowest BCUT2D eigenvalue weighted by Gasteiger charge is -2.11. The number of carbonyl (C=O) groups is 1. The summed E-state index contributed by atoms with van der Waals surface area (Å²) in [6.45, 7) is 3.78. The Morgan fingerprint density at radius 2 is 1.71 bits per heavy atom. The van der Waals surface area contributed by atoms with Crippen LogP contribution in [0.1, 0.15) is 35.3 Å². The van der Waals surface area contributed by atoms with Gasteiger partial charge in [0.15, 0.2) is 5.78 Å². The van der Waals surface area contributed by atoms with Crippen molar-refractivity contribution in [1.82, 2.24) is 0 Å². The molecule has 0 amide bonds. The number of aromatic hydroxyl groups is 3. The number of rotatable bonds is 5. The number of phenols is 3. The first-order chi connectivity index (χ1) is 11.4. The normalized spacial score (nSPS) is 10.8. The van der Waals surface area contributed by atoms with Crippen LogP contribution in [0.3, 0.4) is 0 Å². The Kier molecular flexibility index (Phi) is 5.42. The fourth-order valence-corrected chi connectivity index (χ4v) is 2.25. The molecule has 4 nitrogen and oxygen atoms in total. The van der Waals surface area contributed by atoms with Crippen LogP contribution >= 0.6 is 0 Å². The Labute approximate surface area is 141 Å². The van der Waals surface area contributed by atoms with Crippen molar-refractivity contribution in [2.24, 2.45) is 0 Å². The average molecular weight is 324 g/mol. The first-order valence-electron chi connectivity index (χ1n) is 7.57. The fourth-order valence-electron chi connectivity index (χ4n) is 2.25. The third kappa shape index (κ3) is 4.04. The maximum Gasteiger partial charge on any atom is 0.193 e. The van der Waals surface area contributed by atoms with Gasteiger partial charge in [-0.3, -0.25) is 4.79 Å². The van der Waals surface area contributed by atoms with Crippen LogP contribution in [0.4, 0.5) is 0 Å². The van der Waals surface area contributed by atoms with E-state index in [1.807, 2.05) is 50.3 Å². The molecule has 3 N–H and O–H groups in total. The molecule has 124 valence electrons. The third-order valence-electron chi connectivity index (χ3n) is 3.55. The van der Waals surface area contributed by atoms with Crippen molar-refractivity contribution < 1.29 is 20.1 Å². The van der Waals surface area contributed by atoms with Crippen LogP contribution in [-0.2, 0) is 6.42 Å². The molecule has 24 heavy (non-hydrogen) atoms. The Morgan fingerprint density at radius 3 is 2.33 bits per heavy atom. The summed E-state index contributed by atoms with van der Waals surface area (Å²) in [5, 5.41) is 30.2. The number of carbonyl (C=O) groups excluding carboxylic acids is 1. The maximum absolute atomic E-state index is 12.4. The van der Waals surface area contributed by atoms with Gasteiger partial charge in [0.1, 0.15) is 22.8 Å². The van der Waals surface area contributed by atoms with E-state index < -0.39 is 17.3 Å². The molecular formula is C20H20O4. The van der Waals surface area contributed by atoms with Gasteiger partial charge in [0.05, 0.1) is 0 Å². The summed E-state index contributed by atoms with van der Waals surface area (Å²) in [6.07, 6.45) is 4.97. The van der Waals surface area contributed by atoms with Gasteiger partial charge in [-0.2, -0.15) is 0 Å². The van der Waals surface area contributed by atoms with Crippen molar-refractivity contribution >= 4 is 11.9 Å². The quantitative estimate of drug-likeness (QED) is 0.437. The van der Waals surface area contributed by atoms with Crippen LogP contribution in [0.5, 0.6) is 17.2 Å². The molecular weight excluding hydrogens is 304 g/mol. The molecule has 0 saturated heterocycles. The number of phenolic OH excluding ortho intramolecular Hbond substituents is 3. The molecule has 0 bridgehead atoms. The van der Waals surface area contributed by atoms with Gasteiger partial charge in [0, 0.05) is 11.6 Å². The van der Waals surface area contributed by atoms with Crippen LogP contribution in [0.2, 0.25) is 0 Å². The van der Waals surface area contributed by atoms with Gasteiger partial charge >= 0.3 is 0 Å². The molecule has 0 radical (unpaired) electrons. The Hall–Kier alpha value is -3.01. The molecule has 0 aliphatic carbocycles. The smallest absolute Gasteiger partial charge is 0.193 e. The highest BCUT2D eigenvalue weighted by Crippen LogP contribution is 2.38. The molecule has 2 aromatic carbocycles. The van der Waals surface area contributed by atoms with Gasteiger partial charge in [0.2, 0.25) is 0 Å². The summed E-state index contributed by atoms with van der Waals surface area (Å²) >= 11 is 0. The molecule has 0 spiro atoms. The molecule has 2 rings (SSSR count). The molecule has 0 atom stereocenters. The van der Waals surface area contributed by atoms with Crippen molar-refractivity contribution in [3.63, 3.8) is 0 Å². The SMILES string of the molecule is CC(C)=CCc1c(O)cc(O)c(C(=O)/C=C/c2ccccc2)c1O. The average Bonchev–Trinajstić information content (AvgIpc) is 2.53. The van der Waals surface area contributed by atoms with E-state index in [2.05, 4.69) is 0 Å². The number of ketones is 1. The second kappa shape index (κ2) is 7.51. The molecule has 0 unspecified atom stereocenters. The van der Waals surface area contributed by atoms with Gasteiger partial charge in [-0.15, -0.1) is 0 Å². The summed E-state index contributed by atoms with van der Waals surface area (Å²) in [6, 6.07) is 10.3. The first kappa shape index (κ1) is 17.3. The largest absolute Gasteiger partial charge is 0.507 e. The lowest BCUT2D eigenvalue weighted by atomic mass is 9.99. The Bertz CT molecular complexity index is 798. The van der Waals surface area contributed by atoms with E-state index in [4.69, 9.17) is 0 Å². The van der Waals surface area contributed by atoms with Crippen LogP contribution < -0.4 is 0 Å². The minimum atomic E-state index is -0.535. The number of benzene rings is 2. The second-order valence-electron chi connectivity index (χ2n) is 5.71. The van der Waals surface area contributed by atoms with Gasteiger partial charge in [-0.25, -0.2) is 0 Å². The van der Waals surface area contributed by atoms with E-state index in [-0.39, 0.29) is 23.3 Å². The highest BCUT2D eigenvalue weighted by atomic mass is 16.3. The van der Waals surface area contributed by atoms with E-state index in [1.165, 1.54) is 6.08 Å². The van der Waals surface area contributed by atoms with Crippen LogP contribution in [0, 0.1) is 0 Å². The number of hydrogen-bond donors (Lipinski definition) is 3. The standard InChI is InChI=1S/C20H20O4/c1-13(2)8-10-15-17(22)12-18(23)19(20(15)24)16(21)11-9-14-6-4-3-5-7-14/h3-9,11-12,22-24H,10H2,1-2H3/b11-9+. The van der Waals surface area contributed by atoms with Crippen molar-refractivity contribution in [1.29, 1.82) is 0 Å². The van der Waals surface area contributed by atoms with E-state index in [0.29, 0.717) is 0 Å². The van der Waals surface area contributed by atoms with Crippen molar-refractivity contribution in [2.45, 2.75) is 20.3 Å². The topological polar surface area (TPSA) is 77.8 Å². The van der Waals surface area contributed by atoms with Crippen molar-refractivity contribution in [2.75, 3.05) is 0 Å². The van der Waals surface area contributed by atoms with Gasteiger partial charge < -0.3 is 15.3 Å². The summed E-state index contributed by atoms with van der Waals surface area (Å²) in [5.74, 6) is -1.63. The van der Waals surface area contributed by atoms with E-state index in [0.717, 1.165) is 17.2 Å². The summed E-state index contributed by atoms with van der Waals surface area (Å²) in [5.41, 5.74) is 1.84. The molecule has 2 aromatic rings. The van der Waals surface area contributed by atoms with E-state index in [1.54, 1.807) is 6.08 Å². The van der Waals surface area contributed by atoms with Gasteiger partial charge in [-0.1, -0.05) is 48.1 Å². The summed E-state index contributed by atoms with van der Waals surface area (Å²) < 4.78 is 0.